The van der Waals surface area contributed by atoms with Gasteiger partial charge in [-0.2, -0.15) is 0 Å². The number of hydrogen-bond acceptors (Lipinski definition) is 3. The highest BCUT2D eigenvalue weighted by molar-refractivity contribution is 5.85. The van der Waals surface area contributed by atoms with Crippen LogP contribution in [0.5, 0.6) is 0 Å². The van der Waals surface area contributed by atoms with Crippen molar-refractivity contribution in [1.82, 2.24) is 0 Å². The van der Waals surface area contributed by atoms with E-state index in [0.717, 1.165) is 16.8 Å². The van der Waals surface area contributed by atoms with Crippen LogP contribution < -0.4 is 10.6 Å². The van der Waals surface area contributed by atoms with Crippen LogP contribution >= 0.6 is 0 Å². The number of rotatable bonds is 4. The van der Waals surface area contributed by atoms with Gasteiger partial charge in [0, 0.05) is 25.2 Å². The van der Waals surface area contributed by atoms with Crippen molar-refractivity contribution in [2.24, 2.45) is 0 Å². The van der Waals surface area contributed by atoms with Gasteiger partial charge in [0.15, 0.2) is 0 Å². The zero-order valence-corrected chi connectivity index (χ0v) is 15.9. The average molecular weight is 351 g/mol. The molecule has 0 spiro atoms. The van der Waals surface area contributed by atoms with E-state index in [-0.39, 0.29) is 0 Å². The molecule has 2 aromatic rings. The fourth-order valence-electron chi connectivity index (χ4n) is 2.29. The van der Waals surface area contributed by atoms with Crippen molar-refractivity contribution in [1.29, 1.82) is 0 Å². The molecule has 0 aliphatic heterocycles. The molecule has 2 aromatic carbocycles. The molecule has 2 N–H and O–H groups in total. The molecule has 1 amide bonds. The second kappa shape index (κ2) is 7.49. The van der Waals surface area contributed by atoms with Crippen LogP contribution in [0.15, 0.2) is 48.5 Å². The maximum absolute atomic E-state index is 11.8. The number of carbonyl (C=O) groups excluding carboxylic acids is 1. The third kappa shape index (κ3) is 5.82. The Morgan fingerprint density at radius 1 is 0.885 bits per heavy atom. The van der Waals surface area contributed by atoms with Crippen LogP contribution in [0, 0.1) is 6.57 Å². The van der Waals surface area contributed by atoms with Crippen molar-refractivity contribution < 1.29 is 9.53 Å². The summed E-state index contributed by atoms with van der Waals surface area (Å²) in [7, 11) is 0. The van der Waals surface area contributed by atoms with Gasteiger partial charge < -0.3 is 10.1 Å². The lowest BCUT2D eigenvalue weighted by atomic mass is 10.0. The van der Waals surface area contributed by atoms with E-state index in [1.165, 1.54) is 0 Å². The van der Waals surface area contributed by atoms with Gasteiger partial charge in [0.25, 0.3) is 5.66 Å². The quantitative estimate of drug-likeness (QED) is 0.688. The van der Waals surface area contributed by atoms with Gasteiger partial charge in [-0.1, -0.05) is 24.3 Å². The van der Waals surface area contributed by atoms with E-state index in [2.05, 4.69) is 15.5 Å². The summed E-state index contributed by atoms with van der Waals surface area (Å²) in [5, 5.41) is 5.90. The van der Waals surface area contributed by atoms with E-state index in [1.807, 2.05) is 83.1 Å². The molecule has 5 nitrogen and oxygen atoms in total. The van der Waals surface area contributed by atoms with E-state index in [1.54, 1.807) is 0 Å². The lowest BCUT2D eigenvalue weighted by Gasteiger charge is -2.19. The first-order valence-corrected chi connectivity index (χ1v) is 8.45. The van der Waals surface area contributed by atoms with Crippen LogP contribution in [0.4, 0.5) is 16.2 Å². The Morgan fingerprint density at radius 2 is 1.35 bits per heavy atom. The van der Waals surface area contributed by atoms with Crippen molar-refractivity contribution in [2.75, 3.05) is 10.6 Å². The molecular formula is C21H25N3O2. The number of ether oxygens (including phenoxy) is 1. The van der Waals surface area contributed by atoms with Gasteiger partial charge in [-0.05, 0) is 56.2 Å². The lowest BCUT2D eigenvalue weighted by molar-refractivity contribution is 0.0636. The van der Waals surface area contributed by atoms with E-state index in [4.69, 9.17) is 11.3 Å². The van der Waals surface area contributed by atoms with Crippen molar-refractivity contribution >= 4 is 17.5 Å². The van der Waals surface area contributed by atoms with Crippen molar-refractivity contribution in [3.63, 3.8) is 0 Å². The fourth-order valence-corrected chi connectivity index (χ4v) is 2.29. The Morgan fingerprint density at radius 3 is 1.77 bits per heavy atom. The Labute approximate surface area is 155 Å². The molecule has 0 aromatic heterocycles. The lowest BCUT2D eigenvalue weighted by Crippen LogP contribution is -2.27. The zero-order chi connectivity index (χ0) is 19.4. The molecule has 0 fully saturated rings. The number of anilines is 2. The number of nitrogens with one attached hydrogen (secondary N) is 2. The van der Waals surface area contributed by atoms with E-state index in [0.29, 0.717) is 5.69 Å². The predicted molar refractivity (Wildman–Crippen MR) is 106 cm³/mol. The van der Waals surface area contributed by atoms with Gasteiger partial charge in [0.2, 0.25) is 0 Å². The van der Waals surface area contributed by atoms with Crippen molar-refractivity contribution in [3.05, 3.63) is 59.9 Å². The van der Waals surface area contributed by atoms with E-state index >= 15 is 0 Å². The van der Waals surface area contributed by atoms with Crippen LogP contribution in [0.2, 0.25) is 0 Å². The molecule has 0 radical (unpaired) electrons. The molecule has 0 saturated heterocycles. The highest BCUT2D eigenvalue weighted by atomic mass is 16.6. The topological polar surface area (TPSA) is 54.7 Å². The van der Waals surface area contributed by atoms with Crippen LogP contribution in [0.25, 0.3) is 16.0 Å². The summed E-state index contributed by atoms with van der Waals surface area (Å²) in [4.78, 5) is 15.3. The van der Waals surface area contributed by atoms with Crippen LogP contribution in [0.3, 0.4) is 0 Å². The summed E-state index contributed by atoms with van der Waals surface area (Å²) >= 11 is 0. The first-order chi connectivity index (χ1) is 12.1. The third-order valence-corrected chi connectivity index (χ3v) is 3.48. The molecule has 0 heterocycles. The summed E-state index contributed by atoms with van der Waals surface area (Å²) in [5.74, 6) is 0. The molecule has 0 saturated carbocycles. The highest BCUT2D eigenvalue weighted by Crippen LogP contribution is 2.25. The minimum Gasteiger partial charge on any atom is -0.444 e. The standard InChI is InChI=1S/C21H25N3O2/c1-20(2,3)26-19(25)23-17-11-7-15(8-12-17)16-9-13-18(14-10-16)24-21(4,5)22-6/h7-14,24H,1-5H3,(H,23,25). The normalized spacial score (nSPS) is 11.4. The monoisotopic (exact) mass is 351 g/mol. The molecule has 0 bridgehead atoms. The first-order valence-electron chi connectivity index (χ1n) is 8.45. The Kier molecular flexibility index (Phi) is 5.56. The van der Waals surface area contributed by atoms with Gasteiger partial charge in [0.05, 0.1) is 0 Å². The second-order valence-corrected chi connectivity index (χ2v) is 7.58. The minimum atomic E-state index is -0.628. The maximum atomic E-state index is 11.8. The minimum absolute atomic E-state index is 0.469. The van der Waals surface area contributed by atoms with Gasteiger partial charge in [-0.15, -0.1) is 0 Å². The van der Waals surface area contributed by atoms with E-state index < -0.39 is 17.4 Å². The summed E-state index contributed by atoms with van der Waals surface area (Å²) in [5.41, 5.74) is 2.52. The van der Waals surface area contributed by atoms with E-state index in [9.17, 15) is 4.79 Å². The fraction of sp³-hybridized carbons (Fsp3) is 0.333. The zero-order valence-electron chi connectivity index (χ0n) is 15.9. The number of carbonyl (C=O) groups is 1. The second-order valence-electron chi connectivity index (χ2n) is 7.58. The van der Waals surface area contributed by atoms with Crippen molar-refractivity contribution in [2.45, 2.75) is 45.9 Å². The van der Waals surface area contributed by atoms with Crippen LogP contribution in [-0.2, 0) is 4.74 Å². The Balaban J connectivity index is 2.04. The predicted octanol–water partition coefficient (Wildman–Crippen LogP) is 5.77. The van der Waals surface area contributed by atoms with Gasteiger partial charge in [-0.25, -0.2) is 11.4 Å². The summed E-state index contributed by atoms with van der Waals surface area (Å²) in [6, 6.07) is 15.5. The average Bonchev–Trinajstić information content (AvgIpc) is 2.54. The summed E-state index contributed by atoms with van der Waals surface area (Å²) in [6.45, 7) is 16.3. The number of benzene rings is 2. The molecule has 2 rings (SSSR count). The number of hydrogen-bond donors (Lipinski definition) is 2. The molecule has 0 unspecified atom stereocenters. The van der Waals surface area contributed by atoms with Crippen LogP contribution in [-0.4, -0.2) is 17.4 Å². The third-order valence-electron chi connectivity index (χ3n) is 3.48. The molecule has 0 aliphatic rings. The number of amides is 1. The van der Waals surface area contributed by atoms with Crippen LogP contribution in [0.1, 0.15) is 34.6 Å². The first kappa shape index (κ1) is 19.3. The molecule has 5 heteroatoms. The molecule has 136 valence electrons. The van der Waals surface area contributed by atoms with Gasteiger partial charge in [-0.3, -0.25) is 10.2 Å². The molecule has 0 atom stereocenters. The number of nitrogens with zero attached hydrogens (tertiary/aromatic N) is 1. The maximum Gasteiger partial charge on any atom is 0.412 e. The molecule has 26 heavy (non-hydrogen) atoms. The Bertz CT molecular complexity index is 795. The Hall–Kier alpha value is -3.00. The highest BCUT2D eigenvalue weighted by Gasteiger charge is 2.21. The molecule has 0 aliphatic carbocycles. The largest absolute Gasteiger partial charge is 0.444 e. The summed E-state index contributed by atoms with van der Waals surface area (Å²) < 4.78 is 5.24. The molecular weight excluding hydrogens is 326 g/mol. The van der Waals surface area contributed by atoms with Gasteiger partial charge >= 0.3 is 6.09 Å². The van der Waals surface area contributed by atoms with Crippen molar-refractivity contribution in [3.8, 4) is 11.1 Å². The SMILES string of the molecule is [C-]#[N+]C(C)(C)Nc1ccc(-c2ccc(NC(=O)OC(C)(C)C)cc2)cc1. The van der Waals surface area contributed by atoms with Gasteiger partial charge in [0.1, 0.15) is 5.60 Å². The summed E-state index contributed by atoms with van der Waals surface area (Å²) in [6.07, 6.45) is -0.469. The smallest absolute Gasteiger partial charge is 0.412 e.